The van der Waals surface area contributed by atoms with E-state index in [2.05, 4.69) is 15.9 Å². The van der Waals surface area contributed by atoms with Crippen molar-refractivity contribution in [2.45, 2.75) is 6.92 Å². The summed E-state index contributed by atoms with van der Waals surface area (Å²) in [6.45, 7) is 1.82. The van der Waals surface area contributed by atoms with Crippen molar-refractivity contribution < 1.29 is 4.42 Å². The van der Waals surface area contributed by atoms with E-state index in [1.54, 1.807) is 6.08 Å². The third-order valence-corrected chi connectivity index (χ3v) is 1.39. The summed E-state index contributed by atoms with van der Waals surface area (Å²) in [7, 11) is 0. The zero-order valence-electron chi connectivity index (χ0n) is 5.60. The monoisotopic (exact) mass is 201 g/mol. The molecule has 1 rings (SSSR count). The van der Waals surface area contributed by atoms with Crippen LogP contribution in [0, 0.1) is 0 Å². The van der Waals surface area contributed by atoms with Crippen LogP contribution in [0.25, 0.3) is 6.08 Å². The molecule has 0 saturated carbocycles. The van der Waals surface area contributed by atoms with Crippen LogP contribution < -0.4 is 5.73 Å². The van der Waals surface area contributed by atoms with Crippen molar-refractivity contribution in [1.82, 2.24) is 0 Å². The molecule has 2 N–H and O–H groups in total. The van der Waals surface area contributed by atoms with Gasteiger partial charge in [0.2, 0.25) is 0 Å². The lowest BCUT2D eigenvalue weighted by Crippen LogP contribution is -1.88. The fourth-order valence-corrected chi connectivity index (χ4v) is 0.949. The van der Waals surface area contributed by atoms with Gasteiger partial charge in [0.25, 0.3) is 0 Å². The van der Waals surface area contributed by atoms with Gasteiger partial charge in [-0.05, 0) is 41.1 Å². The summed E-state index contributed by atoms with van der Waals surface area (Å²) in [5.41, 5.74) is 6.16. The third kappa shape index (κ3) is 1.92. The Morgan fingerprint density at radius 2 is 2.40 bits per heavy atom. The van der Waals surface area contributed by atoms with Crippen molar-refractivity contribution in [2.75, 3.05) is 0 Å². The Kier molecular flexibility index (Phi) is 2.17. The Hall–Kier alpha value is -0.700. The quantitative estimate of drug-likeness (QED) is 0.759. The number of rotatable bonds is 1. The van der Waals surface area contributed by atoms with Crippen LogP contribution in [0.15, 0.2) is 26.9 Å². The van der Waals surface area contributed by atoms with Crippen molar-refractivity contribution >= 4 is 22.0 Å². The van der Waals surface area contributed by atoms with Crippen molar-refractivity contribution in [2.24, 2.45) is 5.73 Å². The highest BCUT2D eigenvalue weighted by molar-refractivity contribution is 9.10. The average Bonchev–Trinajstić information content (AvgIpc) is 2.13. The molecular formula is C7H8BrNO. The molecule has 0 atom stereocenters. The van der Waals surface area contributed by atoms with Gasteiger partial charge in [-0.1, -0.05) is 0 Å². The summed E-state index contributed by atoms with van der Waals surface area (Å²) in [5, 5.41) is 0. The molecule has 0 unspecified atom stereocenters. The van der Waals surface area contributed by atoms with Gasteiger partial charge < -0.3 is 10.2 Å². The third-order valence-electron chi connectivity index (χ3n) is 0.964. The highest BCUT2D eigenvalue weighted by Gasteiger charge is 1.93. The van der Waals surface area contributed by atoms with Gasteiger partial charge in [0.05, 0.1) is 0 Å². The van der Waals surface area contributed by atoms with Gasteiger partial charge in [0.1, 0.15) is 5.76 Å². The van der Waals surface area contributed by atoms with Crippen molar-refractivity contribution in [3.63, 3.8) is 0 Å². The fraction of sp³-hybridized carbons (Fsp3) is 0.143. The van der Waals surface area contributed by atoms with E-state index < -0.39 is 0 Å². The lowest BCUT2D eigenvalue weighted by Gasteiger charge is -1.86. The van der Waals surface area contributed by atoms with Crippen molar-refractivity contribution in [3.8, 4) is 0 Å². The molecule has 0 saturated heterocycles. The lowest BCUT2D eigenvalue weighted by atomic mass is 10.4. The van der Waals surface area contributed by atoms with Crippen LogP contribution in [-0.2, 0) is 0 Å². The molecule has 0 aliphatic rings. The van der Waals surface area contributed by atoms with E-state index in [1.807, 2.05) is 19.1 Å². The first-order valence-corrected chi connectivity index (χ1v) is 3.67. The maximum Gasteiger partial charge on any atom is 0.169 e. The van der Waals surface area contributed by atoms with Gasteiger partial charge in [0, 0.05) is 5.70 Å². The standard InChI is InChI=1S/C7H8BrNO/c1-5(9)4-6-2-3-7(8)10-6/h2-4H,9H2,1H3/b5-4+. The van der Waals surface area contributed by atoms with Crippen LogP contribution in [0.2, 0.25) is 0 Å². The van der Waals surface area contributed by atoms with Crippen LogP contribution in [-0.4, -0.2) is 0 Å². The van der Waals surface area contributed by atoms with Gasteiger partial charge in [0.15, 0.2) is 4.67 Å². The van der Waals surface area contributed by atoms with Gasteiger partial charge >= 0.3 is 0 Å². The zero-order valence-corrected chi connectivity index (χ0v) is 7.18. The average molecular weight is 202 g/mol. The van der Waals surface area contributed by atoms with Gasteiger partial charge in [-0.2, -0.15) is 0 Å². The Bertz CT molecular complexity index is 248. The van der Waals surface area contributed by atoms with Crippen LogP contribution >= 0.6 is 15.9 Å². The largest absolute Gasteiger partial charge is 0.450 e. The second-order valence-electron chi connectivity index (χ2n) is 2.03. The molecular weight excluding hydrogens is 194 g/mol. The Balaban J connectivity index is 2.86. The van der Waals surface area contributed by atoms with Crippen molar-refractivity contribution in [3.05, 3.63) is 28.3 Å². The second kappa shape index (κ2) is 2.92. The zero-order chi connectivity index (χ0) is 7.56. The SMILES string of the molecule is C/C(N)=C\c1ccc(Br)o1. The summed E-state index contributed by atoms with van der Waals surface area (Å²) in [6, 6.07) is 3.68. The van der Waals surface area contributed by atoms with Crippen LogP contribution in [0.5, 0.6) is 0 Å². The molecule has 0 fully saturated rings. The summed E-state index contributed by atoms with van der Waals surface area (Å²) in [5.74, 6) is 0.770. The van der Waals surface area contributed by atoms with E-state index in [9.17, 15) is 0 Å². The molecule has 1 aromatic heterocycles. The second-order valence-corrected chi connectivity index (χ2v) is 2.81. The van der Waals surface area contributed by atoms with Crippen LogP contribution in [0.1, 0.15) is 12.7 Å². The van der Waals surface area contributed by atoms with Gasteiger partial charge in [-0.3, -0.25) is 0 Å². The number of halogens is 1. The van der Waals surface area contributed by atoms with Crippen molar-refractivity contribution in [1.29, 1.82) is 0 Å². The Labute approximate surface area is 67.8 Å². The predicted molar refractivity (Wildman–Crippen MR) is 44.2 cm³/mol. The van der Waals surface area contributed by atoms with E-state index >= 15 is 0 Å². The number of allylic oxidation sites excluding steroid dienone is 1. The molecule has 10 heavy (non-hydrogen) atoms. The molecule has 3 heteroatoms. The molecule has 54 valence electrons. The van der Waals surface area contributed by atoms with E-state index in [-0.39, 0.29) is 0 Å². The number of hydrogen-bond acceptors (Lipinski definition) is 2. The first-order valence-electron chi connectivity index (χ1n) is 2.87. The molecule has 0 spiro atoms. The van der Waals surface area contributed by atoms with Gasteiger partial charge in [-0.25, -0.2) is 0 Å². The molecule has 0 bridgehead atoms. The highest BCUT2D eigenvalue weighted by Crippen LogP contribution is 2.15. The number of nitrogens with two attached hydrogens (primary N) is 1. The fourth-order valence-electron chi connectivity index (χ4n) is 0.630. The van der Waals surface area contributed by atoms with E-state index in [1.165, 1.54) is 0 Å². The Morgan fingerprint density at radius 3 is 2.80 bits per heavy atom. The molecule has 0 amide bonds. The van der Waals surface area contributed by atoms with E-state index in [0.717, 1.165) is 16.1 Å². The molecule has 0 aliphatic carbocycles. The molecule has 1 heterocycles. The van der Waals surface area contributed by atoms with Crippen LogP contribution in [0.3, 0.4) is 0 Å². The maximum atomic E-state index is 5.42. The predicted octanol–water partition coefficient (Wildman–Crippen LogP) is 2.36. The van der Waals surface area contributed by atoms with E-state index in [0.29, 0.717) is 0 Å². The topological polar surface area (TPSA) is 39.2 Å². The summed E-state index contributed by atoms with van der Waals surface area (Å²) < 4.78 is 5.88. The summed E-state index contributed by atoms with van der Waals surface area (Å²) >= 11 is 3.19. The molecule has 1 aromatic rings. The molecule has 0 aliphatic heterocycles. The first kappa shape index (κ1) is 7.41. The normalized spacial score (nSPS) is 12.0. The number of hydrogen-bond donors (Lipinski definition) is 1. The molecule has 0 aromatic carbocycles. The maximum absolute atomic E-state index is 5.42. The molecule has 0 radical (unpaired) electrons. The minimum Gasteiger partial charge on any atom is -0.450 e. The smallest absolute Gasteiger partial charge is 0.169 e. The van der Waals surface area contributed by atoms with E-state index in [4.69, 9.17) is 10.2 Å². The number of furan rings is 1. The molecule has 2 nitrogen and oxygen atoms in total. The summed E-state index contributed by atoms with van der Waals surface area (Å²) in [6.07, 6.45) is 1.77. The highest BCUT2D eigenvalue weighted by atomic mass is 79.9. The minimum absolute atomic E-state index is 0.722. The van der Waals surface area contributed by atoms with Crippen LogP contribution in [0.4, 0.5) is 0 Å². The summed E-state index contributed by atoms with van der Waals surface area (Å²) in [4.78, 5) is 0. The first-order chi connectivity index (χ1) is 4.68. The van der Waals surface area contributed by atoms with Gasteiger partial charge in [-0.15, -0.1) is 0 Å². The minimum atomic E-state index is 0.722. The Morgan fingerprint density at radius 1 is 1.70 bits per heavy atom. The lowest BCUT2D eigenvalue weighted by molar-refractivity contribution is 0.531.